The van der Waals surface area contributed by atoms with Gasteiger partial charge in [-0.1, -0.05) is 24.2 Å². The van der Waals surface area contributed by atoms with Crippen LogP contribution in [0.15, 0.2) is 28.8 Å². The van der Waals surface area contributed by atoms with Crippen molar-refractivity contribution in [2.24, 2.45) is 5.92 Å². The number of benzene rings is 1. The van der Waals surface area contributed by atoms with E-state index in [1.54, 1.807) is 0 Å². The van der Waals surface area contributed by atoms with Gasteiger partial charge in [-0.3, -0.25) is 4.79 Å². The number of rotatable bonds is 7. The lowest BCUT2D eigenvalue weighted by molar-refractivity contribution is -0.137. The molecule has 2 aromatic rings. The predicted molar refractivity (Wildman–Crippen MR) is 92.6 cm³/mol. The number of hydrogen-bond donors (Lipinski definition) is 0. The number of carbonyl (C=O) groups excluding carboxylic acids is 1. The third-order valence-electron chi connectivity index (χ3n) is 4.82. The van der Waals surface area contributed by atoms with Crippen molar-refractivity contribution in [2.45, 2.75) is 51.7 Å². The van der Waals surface area contributed by atoms with Crippen LogP contribution in [-0.2, 0) is 17.4 Å². The summed E-state index contributed by atoms with van der Waals surface area (Å²) in [6, 6.07) is 4.93. The monoisotopic (exact) mass is 381 g/mol. The van der Waals surface area contributed by atoms with Crippen molar-refractivity contribution in [1.29, 1.82) is 0 Å². The van der Waals surface area contributed by atoms with Crippen molar-refractivity contribution in [2.75, 3.05) is 6.54 Å². The highest BCUT2D eigenvalue weighted by molar-refractivity contribution is 5.81. The molecule has 1 fully saturated rings. The lowest BCUT2D eigenvalue weighted by atomic mass is 10.1. The van der Waals surface area contributed by atoms with Crippen LogP contribution in [0.3, 0.4) is 0 Å². The Kier molecular flexibility index (Phi) is 5.53. The Morgan fingerprint density at radius 2 is 2.11 bits per heavy atom. The largest absolute Gasteiger partial charge is 0.416 e. The molecule has 0 aliphatic heterocycles. The average Bonchev–Trinajstić information content (AvgIpc) is 3.39. The number of amides is 1. The Hall–Kier alpha value is -2.38. The van der Waals surface area contributed by atoms with E-state index in [1.165, 1.54) is 12.1 Å². The maximum Gasteiger partial charge on any atom is 0.416 e. The summed E-state index contributed by atoms with van der Waals surface area (Å²) in [6.45, 7) is 4.48. The molecule has 1 atom stereocenters. The molecule has 0 bridgehead atoms. The summed E-state index contributed by atoms with van der Waals surface area (Å²) in [6.07, 6.45) is -1.34. The van der Waals surface area contributed by atoms with Gasteiger partial charge < -0.3 is 9.42 Å². The van der Waals surface area contributed by atoms with Crippen LogP contribution in [0.2, 0.25) is 0 Å². The minimum absolute atomic E-state index is 0.111. The first-order valence-electron chi connectivity index (χ1n) is 9.10. The van der Waals surface area contributed by atoms with Crippen molar-refractivity contribution in [3.8, 4) is 11.4 Å². The molecule has 5 nitrogen and oxygen atoms in total. The minimum atomic E-state index is -4.43. The summed E-state index contributed by atoms with van der Waals surface area (Å²) in [5.74, 6) is 0.698. The van der Waals surface area contributed by atoms with Gasteiger partial charge >= 0.3 is 6.18 Å². The molecule has 0 radical (unpaired) electrons. The first kappa shape index (κ1) is 19.4. The maximum absolute atomic E-state index is 12.9. The fourth-order valence-electron chi connectivity index (χ4n) is 2.86. The van der Waals surface area contributed by atoms with Gasteiger partial charge in [-0.05, 0) is 38.3 Å². The highest BCUT2D eigenvalue weighted by atomic mass is 19.4. The zero-order chi connectivity index (χ0) is 19.6. The van der Waals surface area contributed by atoms with Crippen molar-refractivity contribution < 1.29 is 22.5 Å². The van der Waals surface area contributed by atoms with E-state index in [2.05, 4.69) is 10.1 Å². The molecule has 0 spiro atoms. The third kappa shape index (κ3) is 4.67. The van der Waals surface area contributed by atoms with Crippen LogP contribution in [0.1, 0.15) is 44.6 Å². The molecule has 1 unspecified atom stereocenters. The number of carbonyl (C=O) groups is 1. The van der Waals surface area contributed by atoms with E-state index in [9.17, 15) is 18.0 Å². The summed E-state index contributed by atoms with van der Waals surface area (Å²) < 4.78 is 43.7. The van der Waals surface area contributed by atoms with Crippen LogP contribution in [-0.4, -0.2) is 33.5 Å². The highest BCUT2D eigenvalue weighted by Crippen LogP contribution is 2.33. The van der Waals surface area contributed by atoms with Crippen LogP contribution in [0, 0.1) is 5.92 Å². The van der Waals surface area contributed by atoms with Crippen molar-refractivity contribution >= 4 is 5.91 Å². The van der Waals surface area contributed by atoms with Crippen molar-refractivity contribution in [3.63, 3.8) is 0 Å². The van der Waals surface area contributed by atoms with E-state index in [-0.39, 0.29) is 29.3 Å². The summed E-state index contributed by atoms with van der Waals surface area (Å²) in [7, 11) is 0. The molecular weight excluding hydrogens is 359 g/mol. The fourth-order valence-corrected chi connectivity index (χ4v) is 2.86. The Morgan fingerprint density at radius 3 is 2.74 bits per heavy atom. The first-order valence-corrected chi connectivity index (χ1v) is 9.10. The summed E-state index contributed by atoms with van der Waals surface area (Å²) >= 11 is 0. The Morgan fingerprint density at radius 1 is 1.37 bits per heavy atom. The first-order chi connectivity index (χ1) is 12.8. The molecule has 27 heavy (non-hydrogen) atoms. The fraction of sp³-hybridized carbons (Fsp3) is 0.526. The van der Waals surface area contributed by atoms with Gasteiger partial charge in [0.1, 0.15) is 0 Å². The predicted octanol–water partition coefficient (Wildman–Crippen LogP) is 4.34. The molecule has 3 rings (SSSR count). The van der Waals surface area contributed by atoms with Gasteiger partial charge in [0, 0.05) is 30.5 Å². The van der Waals surface area contributed by atoms with Gasteiger partial charge in [0.05, 0.1) is 5.56 Å². The molecule has 146 valence electrons. The van der Waals surface area contributed by atoms with E-state index in [1.807, 2.05) is 18.7 Å². The molecular formula is C19H22F3N3O2. The van der Waals surface area contributed by atoms with Crippen LogP contribution < -0.4 is 0 Å². The van der Waals surface area contributed by atoms with Crippen LogP contribution >= 0.6 is 0 Å². The molecule has 1 aromatic carbocycles. The molecule has 1 aromatic heterocycles. The van der Waals surface area contributed by atoms with Crippen molar-refractivity contribution in [3.05, 3.63) is 35.7 Å². The lowest BCUT2D eigenvalue weighted by Gasteiger charge is -2.28. The third-order valence-corrected chi connectivity index (χ3v) is 4.82. The SMILES string of the molecule is CCC(C)N(CCc1nc(-c2cccc(C(F)(F)F)c2)no1)C(=O)C1CC1. The van der Waals surface area contributed by atoms with Gasteiger partial charge in [0.15, 0.2) is 0 Å². The second kappa shape index (κ2) is 7.70. The number of hydrogen-bond acceptors (Lipinski definition) is 4. The molecule has 1 heterocycles. The quantitative estimate of drug-likeness (QED) is 0.716. The molecule has 1 saturated carbocycles. The number of alkyl halides is 3. The van der Waals surface area contributed by atoms with E-state index in [0.29, 0.717) is 18.9 Å². The van der Waals surface area contributed by atoms with Gasteiger partial charge in [-0.15, -0.1) is 0 Å². The summed E-state index contributed by atoms with van der Waals surface area (Å²) in [5.41, 5.74) is -0.517. The van der Waals surface area contributed by atoms with Gasteiger partial charge in [-0.25, -0.2) is 0 Å². The van der Waals surface area contributed by atoms with Crippen molar-refractivity contribution in [1.82, 2.24) is 15.0 Å². The zero-order valence-electron chi connectivity index (χ0n) is 15.3. The zero-order valence-corrected chi connectivity index (χ0v) is 15.3. The van der Waals surface area contributed by atoms with E-state index in [0.717, 1.165) is 31.4 Å². The minimum Gasteiger partial charge on any atom is -0.339 e. The van der Waals surface area contributed by atoms with Gasteiger partial charge in [0.2, 0.25) is 17.6 Å². The van der Waals surface area contributed by atoms with Crippen LogP contribution in [0.5, 0.6) is 0 Å². The molecule has 1 amide bonds. The Labute approximate surface area is 155 Å². The maximum atomic E-state index is 12.9. The number of nitrogens with zero attached hydrogens (tertiary/aromatic N) is 3. The van der Waals surface area contributed by atoms with Crippen LogP contribution in [0.25, 0.3) is 11.4 Å². The van der Waals surface area contributed by atoms with E-state index < -0.39 is 11.7 Å². The topological polar surface area (TPSA) is 59.2 Å². The standard InChI is InChI=1S/C19H22F3N3O2/c1-3-12(2)25(18(26)13-7-8-13)10-9-16-23-17(24-27-16)14-5-4-6-15(11-14)19(20,21)22/h4-6,11-13H,3,7-10H2,1-2H3. The average molecular weight is 381 g/mol. The van der Waals surface area contributed by atoms with Crippen LogP contribution in [0.4, 0.5) is 13.2 Å². The number of halogens is 3. The summed E-state index contributed by atoms with van der Waals surface area (Å²) in [5, 5.41) is 3.79. The molecule has 1 aliphatic rings. The smallest absolute Gasteiger partial charge is 0.339 e. The Bertz CT molecular complexity index is 799. The molecule has 0 saturated heterocycles. The second-order valence-electron chi connectivity index (χ2n) is 6.90. The van der Waals surface area contributed by atoms with E-state index >= 15 is 0 Å². The Balaban J connectivity index is 1.69. The van der Waals surface area contributed by atoms with Gasteiger partial charge in [-0.2, -0.15) is 18.2 Å². The normalized spacial score (nSPS) is 15.6. The molecule has 1 aliphatic carbocycles. The molecule has 8 heteroatoms. The van der Waals surface area contributed by atoms with Gasteiger partial charge in [0.25, 0.3) is 0 Å². The number of aromatic nitrogens is 2. The lowest BCUT2D eigenvalue weighted by Crippen LogP contribution is -2.40. The second-order valence-corrected chi connectivity index (χ2v) is 6.90. The molecule has 0 N–H and O–H groups in total. The van der Waals surface area contributed by atoms with E-state index in [4.69, 9.17) is 4.52 Å². The summed E-state index contributed by atoms with van der Waals surface area (Å²) in [4.78, 5) is 18.5. The highest BCUT2D eigenvalue weighted by Gasteiger charge is 2.35.